The van der Waals surface area contributed by atoms with Gasteiger partial charge >= 0.3 is 0 Å². The standard InChI is InChI=1S/C55H33N3O/c1-3-14-38-36(12-1)37-13-2-4-15-39(37)50-33-35(58-51-21-9-7-17-43(51)44-18-8-10-22-52(44)58)24-26-42(50)41-25-23-34(32-49(38)41)57-30-27-47-46-20-11-29-56-53(46)45-19-6-5-16-40(45)48-28-31-59-55(48)54(47)57/h1-33H. The molecular formula is C55H33N3O. The minimum Gasteiger partial charge on any atom is -0.462 e. The molecule has 13 rings (SSSR count). The first kappa shape index (κ1) is 32.2. The molecule has 4 aromatic heterocycles. The second-order valence-corrected chi connectivity index (χ2v) is 15.5. The molecule has 2 aliphatic carbocycles. The van der Waals surface area contributed by atoms with Crippen molar-refractivity contribution in [2.75, 3.05) is 0 Å². The largest absolute Gasteiger partial charge is 0.462 e. The van der Waals surface area contributed by atoms with Crippen LogP contribution in [-0.4, -0.2) is 14.1 Å². The third-order valence-corrected chi connectivity index (χ3v) is 12.5. The van der Waals surface area contributed by atoms with Crippen LogP contribution in [0.2, 0.25) is 0 Å². The first-order valence-electron chi connectivity index (χ1n) is 20.1. The van der Waals surface area contributed by atoms with Gasteiger partial charge < -0.3 is 13.6 Å². The van der Waals surface area contributed by atoms with E-state index < -0.39 is 0 Å². The molecule has 11 aromatic rings. The average molecular weight is 752 g/mol. The van der Waals surface area contributed by atoms with Gasteiger partial charge in [0.25, 0.3) is 0 Å². The highest BCUT2D eigenvalue weighted by molar-refractivity contribution is 6.10. The Morgan fingerprint density at radius 1 is 0.373 bits per heavy atom. The van der Waals surface area contributed by atoms with Crippen LogP contribution in [0, 0.1) is 0 Å². The molecule has 59 heavy (non-hydrogen) atoms. The van der Waals surface area contributed by atoms with E-state index in [-0.39, 0.29) is 0 Å². The van der Waals surface area contributed by atoms with Crippen LogP contribution in [0.25, 0.3) is 123 Å². The first-order chi connectivity index (χ1) is 29.3. The molecule has 0 aliphatic heterocycles. The molecule has 0 bridgehead atoms. The van der Waals surface area contributed by atoms with Crippen LogP contribution in [0.1, 0.15) is 0 Å². The van der Waals surface area contributed by atoms with Crippen LogP contribution in [-0.2, 0) is 0 Å². The van der Waals surface area contributed by atoms with Crippen molar-refractivity contribution in [3.05, 3.63) is 201 Å². The molecule has 0 fully saturated rings. The number of fused-ring (bicyclic) bond motifs is 19. The second kappa shape index (κ2) is 12.3. The van der Waals surface area contributed by atoms with E-state index in [0.29, 0.717) is 0 Å². The van der Waals surface area contributed by atoms with E-state index >= 15 is 0 Å². The summed E-state index contributed by atoms with van der Waals surface area (Å²) in [5.74, 6) is 0.843. The SMILES string of the molecule is c1ccc2c(c1)-c1ccccc1-c1cc(-n3c4ccccc4c4ccccc43)ccc1-c1ccc(-n3ccc4c3-c3occc3-c3ccccc3-c3ncccc3-4)cc1-2. The van der Waals surface area contributed by atoms with Crippen molar-refractivity contribution >= 4 is 21.8 Å². The molecule has 0 saturated heterocycles. The van der Waals surface area contributed by atoms with Gasteiger partial charge in [0.1, 0.15) is 0 Å². The summed E-state index contributed by atoms with van der Waals surface area (Å²) in [5.41, 5.74) is 21.6. The first-order valence-corrected chi connectivity index (χ1v) is 20.1. The summed E-state index contributed by atoms with van der Waals surface area (Å²) in [5, 5.41) is 2.51. The summed E-state index contributed by atoms with van der Waals surface area (Å²) in [6.45, 7) is 0. The van der Waals surface area contributed by atoms with Gasteiger partial charge in [0, 0.05) is 56.8 Å². The average Bonchev–Trinajstić information content (AvgIpc) is 4.04. The van der Waals surface area contributed by atoms with Crippen molar-refractivity contribution in [2.45, 2.75) is 0 Å². The van der Waals surface area contributed by atoms with Crippen molar-refractivity contribution in [1.82, 2.24) is 14.1 Å². The highest BCUT2D eigenvalue weighted by Crippen LogP contribution is 2.51. The molecule has 0 spiro atoms. The molecular weight excluding hydrogens is 719 g/mol. The number of pyridine rings is 1. The molecule has 4 heterocycles. The van der Waals surface area contributed by atoms with Gasteiger partial charge in [0.05, 0.1) is 28.7 Å². The minimum absolute atomic E-state index is 0.843. The van der Waals surface area contributed by atoms with Crippen LogP contribution in [0.5, 0.6) is 0 Å². The predicted molar refractivity (Wildman–Crippen MR) is 241 cm³/mol. The summed E-state index contributed by atoms with van der Waals surface area (Å²) in [7, 11) is 0. The third-order valence-electron chi connectivity index (χ3n) is 12.5. The number of benzene rings is 7. The Hall–Kier alpha value is -7.95. The summed E-state index contributed by atoms with van der Waals surface area (Å²) < 4.78 is 11.2. The Bertz CT molecular complexity index is 3470. The monoisotopic (exact) mass is 751 g/mol. The van der Waals surface area contributed by atoms with Crippen LogP contribution >= 0.6 is 0 Å². The molecule has 4 heteroatoms. The van der Waals surface area contributed by atoms with Crippen molar-refractivity contribution in [1.29, 1.82) is 0 Å². The molecule has 0 unspecified atom stereocenters. The predicted octanol–water partition coefficient (Wildman–Crippen LogP) is 14.5. The molecule has 4 nitrogen and oxygen atoms in total. The lowest BCUT2D eigenvalue weighted by molar-refractivity contribution is 0.579. The Balaban J connectivity index is 1.06. The number of para-hydroxylation sites is 2. The van der Waals surface area contributed by atoms with Gasteiger partial charge in [-0.05, 0) is 105 Å². The Labute approximate surface area is 340 Å². The lowest BCUT2D eigenvalue weighted by Gasteiger charge is -2.25. The van der Waals surface area contributed by atoms with E-state index in [2.05, 4.69) is 191 Å². The molecule has 0 radical (unpaired) electrons. The minimum atomic E-state index is 0.843. The van der Waals surface area contributed by atoms with Gasteiger partial charge in [0.2, 0.25) is 0 Å². The molecule has 0 atom stereocenters. The molecule has 7 aromatic carbocycles. The van der Waals surface area contributed by atoms with E-state index in [0.717, 1.165) is 56.3 Å². The van der Waals surface area contributed by atoms with Gasteiger partial charge in [-0.15, -0.1) is 0 Å². The number of nitrogens with zero attached hydrogens (tertiary/aromatic N) is 3. The Morgan fingerprint density at radius 2 is 0.881 bits per heavy atom. The van der Waals surface area contributed by atoms with Crippen molar-refractivity contribution in [2.24, 2.45) is 0 Å². The summed E-state index contributed by atoms with van der Waals surface area (Å²) in [6.07, 6.45) is 5.88. The fourth-order valence-corrected chi connectivity index (χ4v) is 9.94. The highest BCUT2D eigenvalue weighted by atomic mass is 16.3. The Morgan fingerprint density at radius 3 is 1.54 bits per heavy atom. The number of furan rings is 1. The van der Waals surface area contributed by atoms with E-state index in [1.165, 1.54) is 66.3 Å². The van der Waals surface area contributed by atoms with Gasteiger partial charge in [0.15, 0.2) is 5.76 Å². The molecule has 0 saturated carbocycles. The zero-order valence-corrected chi connectivity index (χ0v) is 31.8. The van der Waals surface area contributed by atoms with Crippen molar-refractivity contribution < 1.29 is 4.42 Å². The number of hydrogen-bond donors (Lipinski definition) is 0. The topological polar surface area (TPSA) is 35.9 Å². The van der Waals surface area contributed by atoms with Crippen LogP contribution < -0.4 is 0 Å². The van der Waals surface area contributed by atoms with Gasteiger partial charge in [-0.2, -0.15) is 0 Å². The zero-order chi connectivity index (χ0) is 38.6. The van der Waals surface area contributed by atoms with Crippen molar-refractivity contribution in [3.8, 4) is 101 Å². The third kappa shape index (κ3) is 4.57. The molecule has 0 amide bonds. The van der Waals surface area contributed by atoms with E-state index in [4.69, 9.17) is 9.40 Å². The maximum Gasteiger partial charge on any atom is 0.159 e. The van der Waals surface area contributed by atoms with E-state index in [1.807, 2.05) is 18.5 Å². The summed E-state index contributed by atoms with van der Waals surface area (Å²) in [4.78, 5) is 4.95. The van der Waals surface area contributed by atoms with Gasteiger partial charge in [-0.3, -0.25) is 4.98 Å². The second-order valence-electron chi connectivity index (χ2n) is 15.5. The quantitative estimate of drug-likeness (QED) is 0.176. The van der Waals surface area contributed by atoms with Crippen LogP contribution in [0.4, 0.5) is 0 Å². The summed E-state index contributed by atoms with van der Waals surface area (Å²) >= 11 is 0. The van der Waals surface area contributed by atoms with Crippen LogP contribution in [0.15, 0.2) is 205 Å². The van der Waals surface area contributed by atoms with E-state index in [9.17, 15) is 0 Å². The fraction of sp³-hybridized carbons (Fsp3) is 0. The summed E-state index contributed by atoms with van der Waals surface area (Å²) in [6, 6.07) is 66.2. The highest BCUT2D eigenvalue weighted by Gasteiger charge is 2.29. The fourth-order valence-electron chi connectivity index (χ4n) is 9.94. The van der Waals surface area contributed by atoms with Gasteiger partial charge in [-0.25, -0.2) is 0 Å². The number of rotatable bonds is 2. The lowest BCUT2D eigenvalue weighted by Crippen LogP contribution is -2.03. The maximum absolute atomic E-state index is 6.45. The number of aromatic nitrogens is 3. The molecule has 2 aliphatic rings. The van der Waals surface area contributed by atoms with Gasteiger partial charge in [-0.1, -0.05) is 127 Å². The molecule has 0 N–H and O–H groups in total. The number of hydrogen-bond acceptors (Lipinski definition) is 2. The smallest absolute Gasteiger partial charge is 0.159 e. The maximum atomic E-state index is 6.45. The van der Waals surface area contributed by atoms with Crippen molar-refractivity contribution in [3.63, 3.8) is 0 Å². The van der Waals surface area contributed by atoms with Crippen LogP contribution in [0.3, 0.4) is 0 Å². The normalized spacial score (nSPS) is 12.1. The Kier molecular flexibility index (Phi) is 6.69. The molecule has 274 valence electrons. The lowest BCUT2D eigenvalue weighted by atomic mass is 9.80. The van der Waals surface area contributed by atoms with E-state index in [1.54, 1.807) is 0 Å². The zero-order valence-electron chi connectivity index (χ0n) is 31.8.